The fourth-order valence-corrected chi connectivity index (χ4v) is 6.53. The van der Waals surface area contributed by atoms with Crippen molar-refractivity contribution in [3.8, 4) is 5.75 Å². The number of hydrogen-bond acceptors (Lipinski definition) is 7. The SMILES string of the molecule is CCOc1cc(CN2CC3(CC3)c3c(CN4CCN(CC)CC4)cc(Cn4ccnc4NC)cc3C2=O)ncc1F. The van der Waals surface area contributed by atoms with Gasteiger partial charge in [0.25, 0.3) is 5.91 Å². The van der Waals surface area contributed by atoms with Crippen LogP contribution in [0.5, 0.6) is 5.75 Å². The molecule has 1 aliphatic carbocycles. The lowest BCUT2D eigenvalue weighted by Gasteiger charge is -2.38. The van der Waals surface area contributed by atoms with Crippen molar-refractivity contribution in [2.75, 3.05) is 58.2 Å². The third-order valence-corrected chi connectivity index (χ3v) is 8.80. The third-order valence-electron chi connectivity index (χ3n) is 8.80. The molecule has 10 heteroatoms. The first-order valence-corrected chi connectivity index (χ1v) is 14.8. The molecule has 4 heterocycles. The summed E-state index contributed by atoms with van der Waals surface area (Å²) in [6, 6.07) is 6.03. The van der Waals surface area contributed by atoms with Crippen LogP contribution in [0, 0.1) is 5.82 Å². The van der Waals surface area contributed by atoms with Gasteiger partial charge in [-0.25, -0.2) is 9.37 Å². The predicted molar refractivity (Wildman–Crippen MR) is 156 cm³/mol. The summed E-state index contributed by atoms with van der Waals surface area (Å²) in [6.45, 7) is 12.2. The van der Waals surface area contributed by atoms with Gasteiger partial charge >= 0.3 is 0 Å². The van der Waals surface area contributed by atoms with E-state index in [9.17, 15) is 9.18 Å². The van der Waals surface area contributed by atoms with E-state index in [1.807, 2.05) is 25.1 Å². The van der Waals surface area contributed by atoms with Gasteiger partial charge in [0.15, 0.2) is 11.6 Å². The van der Waals surface area contributed by atoms with E-state index in [0.29, 0.717) is 31.9 Å². The highest BCUT2D eigenvalue weighted by atomic mass is 19.1. The normalized spacial score (nSPS) is 18.5. The summed E-state index contributed by atoms with van der Waals surface area (Å²) >= 11 is 0. The average molecular weight is 562 g/mol. The van der Waals surface area contributed by atoms with Crippen LogP contribution in [0.25, 0.3) is 0 Å². The largest absolute Gasteiger partial charge is 0.491 e. The molecule has 0 bridgehead atoms. The highest BCUT2D eigenvalue weighted by molar-refractivity contribution is 5.98. The van der Waals surface area contributed by atoms with Crippen LogP contribution in [0.4, 0.5) is 10.3 Å². The van der Waals surface area contributed by atoms with E-state index in [4.69, 9.17) is 4.74 Å². The summed E-state index contributed by atoms with van der Waals surface area (Å²) in [7, 11) is 1.87. The number of hydrogen-bond donors (Lipinski definition) is 1. The second-order valence-electron chi connectivity index (χ2n) is 11.5. The fraction of sp³-hybridized carbons (Fsp3) is 0.516. The maximum atomic E-state index is 14.2. The van der Waals surface area contributed by atoms with Gasteiger partial charge in [0.05, 0.1) is 31.6 Å². The molecule has 0 atom stereocenters. The van der Waals surface area contributed by atoms with Gasteiger partial charge < -0.3 is 24.4 Å². The number of ether oxygens (including phenoxy) is 1. The molecule has 218 valence electrons. The van der Waals surface area contributed by atoms with Gasteiger partial charge in [-0.1, -0.05) is 13.0 Å². The van der Waals surface area contributed by atoms with Gasteiger partial charge in [-0.05, 0) is 49.1 Å². The Morgan fingerprint density at radius 1 is 1.02 bits per heavy atom. The van der Waals surface area contributed by atoms with Crippen LogP contribution in [-0.4, -0.2) is 88.1 Å². The number of nitrogens with zero attached hydrogens (tertiary/aromatic N) is 6. The molecule has 6 rings (SSSR count). The Kier molecular flexibility index (Phi) is 7.70. The Morgan fingerprint density at radius 3 is 2.51 bits per heavy atom. The number of imidazole rings is 1. The Hall–Kier alpha value is -3.50. The van der Waals surface area contributed by atoms with Crippen molar-refractivity contribution in [2.24, 2.45) is 0 Å². The number of halogens is 1. The molecule has 41 heavy (non-hydrogen) atoms. The number of fused-ring (bicyclic) bond motifs is 2. The quantitative estimate of drug-likeness (QED) is 0.404. The molecule has 3 aromatic rings. The zero-order valence-corrected chi connectivity index (χ0v) is 24.3. The van der Waals surface area contributed by atoms with E-state index in [0.717, 1.165) is 69.2 Å². The zero-order chi connectivity index (χ0) is 28.6. The molecule has 2 fully saturated rings. The maximum Gasteiger partial charge on any atom is 0.254 e. The van der Waals surface area contributed by atoms with Crippen molar-refractivity contribution in [2.45, 2.75) is 51.7 Å². The van der Waals surface area contributed by atoms with Gasteiger partial charge in [-0.3, -0.25) is 14.7 Å². The average Bonchev–Trinajstić information content (AvgIpc) is 3.60. The van der Waals surface area contributed by atoms with E-state index in [1.54, 1.807) is 12.3 Å². The Balaban J connectivity index is 1.35. The van der Waals surface area contributed by atoms with Crippen LogP contribution in [0.15, 0.2) is 36.8 Å². The topological polar surface area (TPSA) is 78.8 Å². The number of benzene rings is 1. The molecule has 1 saturated carbocycles. The first-order valence-electron chi connectivity index (χ1n) is 14.8. The van der Waals surface area contributed by atoms with E-state index in [2.05, 4.69) is 48.7 Å². The fourth-order valence-electron chi connectivity index (χ4n) is 6.53. The summed E-state index contributed by atoms with van der Waals surface area (Å²) in [5, 5.41) is 3.15. The van der Waals surface area contributed by atoms with E-state index in [1.165, 1.54) is 17.3 Å². The lowest BCUT2D eigenvalue weighted by molar-refractivity contribution is 0.0693. The van der Waals surface area contributed by atoms with Crippen molar-refractivity contribution in [1.29, 1.82) is 0 Å². The van der Waals surface area contributed by atoms with Gasteiger partial charge in [-0.2, -0.15) is 0 Å². The minimum Gasteiger partial charge on any atom is -0.491 e. The number of nitrogens with one attached hydrogen (secondary N) is 1. The molecule has 1 saturated heterocycles. The minimum atomic E-state index is -0.487. The molecule has 1 amide bonds. The maximum absolute atomic E-state index is 14.2. The van der Waals surface area contributed by atoms with Crippen molar-refractivity contribution >= 4 is 11.9 Å². The van der Waals surface area contributed by atoms with Gasteiger partial charge in [0.1, 0.15) is 0 Å². The van der Waals surface area contributed by atoms with E-state index >= 15 is 0 Å². The lowest BCUT2D eigenvalue weighted by atomic mass is 9.81. The van der Waals surface area contributed by atoms with Crippen LogP contribution in [0.1, 0.15) is 59.4 Å². The standard InChI is InChI=1S/C31H40FN7O2/c1-4-36-10-12-37(13-11-36)19-23-14-22(18-38-9-8-34-30(38)33-3)15-25-28(23)31(6-7-31)21-39(29(25)40)20-24-16-27(41-5-2)26(32)17-35-24/h8-9,14-17H,4-7,10-13,18-21H2,1-3H3,(H,33,34). The molecule has 9 nitrogen and oxygen atoms in total. The summed E-state index contributed by atoms with van der Waals surface area (Å²) in [5.74, 6) is 0.495. The van der Waals surface area contributed by atoms with Gasteiger partial charge in [-0.15, -0.1) is 0 Å². The van der Waals surface area contributed by atoms with Crippen LogP contribution in [0.3, 0.4) is 0 Å². The molecule has 2 aromatic heterocycles. The van der Waals surface area contributed by atoms with Crippen molar-refractivity contribution in [3.05, 3.63) is 70.6 Å². The third kappa shape index (κ3) is 5.55. The number of carbonyl (C=O) groups excluding carboxylic acids is 1. The summed E-state index contributed by atoms with van der Waals surface area (Å²) in [6.07, 6.45) is 7.06. The summed E-state index contributed by atoms with van der Waals surface area (Å²) < 4.78 is 21.7. The number of likely N-dealkylation sites (N-methyl/N-ethyl adjacent to an activating group) is 1. The Morgan fingerprint density at radius 2 is 1.80 bits per heavy atom. The molecular weight excluding hydrogens is 521 g/mol. The molecule has 1 aromatic carbocycles. The first-order chi connectivity index (χ1) is 19.9. The van der Waals surface area contributed by atoms with Crippen LogP contribution < -0.4 is 10.1 Å². The zero-order valence-electron chi connectivity index (χ0n) is 24.3. The molecule has 2 aliphatic heterocycles. The summed E-state index contributed by atoms with van der Waals surface area (Å²) in [4.78, 5) is 29.8. The monoisotopic (exact) mass is 561 g/mol. The molecule has 0 unspecified atom stereocenters. The molecule has 1 N–H and O–H groups in total. The highest BCUT2D eigenvalue weighted by Gasteiger charge is 2.52. The van der Waals surface area contributed by atoms with E-state index in [-0.39, 0.29) is 17.1 Å². The minimum absolute atomic E-state index is 0.0139. The van der Waals surface area contributed by atoms with Crippen LogP contribution >= 0.6 is 0 Å². The lowest BCUT2D eigenvalue weighted by Crippen LogP contribution is -2.47. The second kappa shape index (κ2) is 11.4. The molecule has 1 spiro atoms. The number of carbonyl (C=O) groups is 1. The second-order valence-corrected chi connectivity index (χ2v) is 11.5. The van der Waals surface area contributed by atoms with Crippen LogP contribution in [0.2, 0.25) is 0 Å². The molecule has 0 radical (unpaired) electrons. The Bertz CT molecular complexity index is 1410. The number of rotatable bonds is 10. The highest BCUT2D eigenvalue weighted by Crippen LogP contribution is 2.54. The van der Waals surface area contributed by atoms with Crippen molar-refractivity contribution < 1.29 is 13.9 Å². The molecule has 3 aliphatic rings. The predicted octanol–water partition coefficient (Wildman–Crippen LogP) is 3.73. The van der Waals surface area contributed by atoms with Crippen LogP contribution in [-0.2, 0) is 25.0 Å². The van der Waals surface area contributed by atoms with Gasteiger partial charge in [0, 0.05) is 75.8 Å². The number of pyridine rings is 1. The summed E-state index contributed by atoms with van der Waals surface area (Å²) in [5.41, 5.74) is 5.00. The number of amides is 1. The van der Waals surface area contributed by atoms with Crippen molar-refractivity contribution in [3.63, 3.8) is 0 Å². The Labute approximate surface area is 241 Å². The number of anilines is 1. The van der Waals surface area contributed by atoms with Gasteiger partial charge in [0.2, 0.25) is 5.95 Å². The smallest absolute Gasteiger partial charge is 0.254 e. The number of piperazine rings is 1. The van der Waals surface area contributed by atoms with Crippen molar-refractivity contribution in [1.82, 2.24) is 29.2 Å². The van der Waals surface area contributed by atoms with E-state index < -0.39 is 5.82 Å². The molecular formula is C31H40FN7O2. The first kappa shape index (κ1) is 27.7. The number of aromatic nitrogens is 3.